The quantitative estimate of drug-likeness (QED) is 0.180. The highest BCUT2D eigenvalue weighted by atomic mass is 35.5. The van der Waals surface area contributed by atoms with Gasteiger partial charge in [-0.25, -0.2) is 4.98 Å². The number of carbonyl (C=O) groups is 2. The lowest BCUT2D eigenvalue weighted by Gasteiger charge is -2.23. The maximum Gasteiger partial charge on any atom is 0.301 e. The van der Waals surface area contributed by atoms with Crippen LogP contribution in [0.5, 0.6) is 5.75 Å². The smallest absolute Gasteiger partial charge is 0.301 e. The van der Waals surface area contributed by atoms with Gasteiger partial charge in [0.2, 0.25) is 0 Å². The average molecular weight is 519 g/mol. The van der Waals surface area contributed by atoms with E-state index < -0.39 is 17.7 Å². The lowest BCUT2D eigenvalue weighted by atomic mass is 9.93. The van der Waals surface area contributed by atoms with Crippen LogP contribution in [0.25, 0.3) is 16.0 Å². The minimum Gasteiger partial charge on any atom is -0.507 e. The molecule has 1 aliphatic heterocycles. The van der Waals surface area contributed by atoms with E-state index in [1.54, 1.807) is 37.4 Å². The number of ketones is 1. The summed E-state index contributed by atoms with van der Waals surface area (Å²) in [6.07, 6.45) is 0. The summed E-state index contributed by atoms with van der Waals surface area (Å²) in [4.78, 5) is 32.8. The minimum absolute atomic E-state index is 0.0106. The molecule has 1 N–H and O–H groups in total. The molecule has 2 heterocycles. The highest BCUT2D eigenvalue weighted by Gasteiger charge is 2.48. The molecule has 1 aliphatic rings. The number of Topliss-reactive ketones (excluding diaryl/α,β-unsaturated/α-hetero) is 1. The van der Waals surface area contributed by atoms with Crippen LogP contribution in [0.3, 0.4) is 0 Å². The Morgan fingerprint density at radius 1 is 1.06 bits per heavy atom. The first-order chi connectivity index (χ1) is 17.3. The Labute approximate surface area is 217 Å². The van der Waals surface area contributed by atoms with E-state index >= 15 is 0 Å². The molecular weight excluding hydrogens is 496 g/mol. The van der Waals surface area contributed by atoms with E-state index in [9.17, 15) is 14.7 Å². The SMILES string of the molecule is COc1ccc2nc(N3C(=O)C(=O)/C(=C(/O)c4ccc(Cl)cc4)C3c3ccc(C(C)C)cc3)sc2c1. The number of rotatable bonds is 5. The van der Waals surface area contributed by atoms with Gasteiger partial charge in [-0.1, -0.05) is 61.1 Å². The Balaban J connectivity index is 1.70. The van der Waals surface area contributed by atoms with Crippen LogP contribution in [-0.4, -0.2) is 28.9 Å². The van der Waals surface area contributed by atoms with Crippen molar-refractivity contribution in [2.45, 2.75) is 25.8 Å². The van der Waals surface area contributed by atoms with Gasteiger partial charge in [0.25, 0.3) is 5.78 Å². The van der Waals surface area contributed by atoms with E-state index in [0.717, 1.165) is 10.3 Å². The third kappa shape index (κ3) is 4.14. The number of thiazole rings is 1. The van der Waals surface area contributed by atoms with Gasteiger partial charge < -0.3 is 9.84 Å². The summed E-state index contributed by atoms with van der Waals surface area (Å²) in [6, 6.07) is 18.8. The van der Waals surface area contributed by atoms with Gasteiger partial charge in [0.05, 0.1) is 28.9 Å². The normalized spacial score (nSPS) is 17.4. The van der Waals surface area contributed by atoms with Crippen molar-refractivity contribution in [2.75, 3.05) is 12.0 Å². The molecule has 0 bridgehead atoms. The van der Waals surface area contributed by atoms with Gasteiger partial charge in [-0.05, 0) is 59.5 Å². The molecule has 1 aromatic heterocycles. The third-order valence-electron chi connectivity index (χ3n) is 6.27. The van der Waals surface area contributed by atoms with Gasteiger partial charge in [0.1, 0.15) is 11.5 Å². The molecule has 1 fully saturated rings. The fraction of sp³-hybridized carbons (Fsp3) is 0.179. The van der Waals surface area contributed by atoms with Crippen LogP contribution in [-0.2, 0) is 9.59 Å². The number of hydrogen-bond acceptors (Lipinski definition) is 6. The van der Waals surface area contributed by atoms with Crippen molar-refractivity contribution in [2.24, 2.45) is 0 Å². The van der Waals surface area contributed by atoms with Gasteiger partial charge in [0, 0.05) is 10.6 Å². The first-order valence-corrected chi connectivity index (χ1v) is 12.6. The third-order valence-corrected chi connectivity index (χ3v) is 7.54. The minimum atomic E-state index is -0.843. The van der Waals surface area contributed by atoms with Crippen molar-refractivity contribution in [3.63, 3.8) is 0 Å². The number of fused-ring (bicyclic) bond motifs is 1. The molecule has 0 radical (unpaired) electrons. The van der Waals surface area contributed by atoms with Crippen LogP contribution < -0.4 is 9.64 Å². The van der Waals surface area contributed by atoms with Crippen molar-refractivity contribution in [3.8, 4) is 5.75 Å². The van der Waals surface area contributed by atoms with Crippen molar-refractivity contribution in [1.29, 1.82) is 0 Å². The van der Waals surface area contributed by atoms with Crippen LogP contribution in [0.2, 0.25) is 5.02 Å². The summed E-state index contributed by atoms with van der Waals surface area (Å²) in [5.41, 5.74) is 2.92. The second kappa shape index (κ2) is 9.41. The van der Waals surface area contributed by atoms with E-state index in [2.05, 4.69) is 18.8 Å². The number of hydrogen-bond donors (Lipinski definition) is 1. The number of ether oxygens (including phenoxy) is 1. The predicted octanol–water partition coefficient (Wildman–Crippen LogP) is 6.71. The molecule has 0 saturated carbocycles. The number of carbonyl (C=O) groups excluding carboxylic acids is 2. The van der Waals surface area contributed by atoms with Crippen LogP contribution in [0.15, 0.2) is 72.3 Å². The maximum atomic E-state index is 13.4. The summed E-state index contributed by atoms with van der Waals surface area (Å²) >= 11 is 7.30. The molecule has 4 aromatic rings. The predicted molar refractivity (Wildman–Crippen MR) is 143 cm³/mol. The zero-order valence-corrected chi connectivity index (χ0v) is 21.4. The molecule has 5 rings (SSSR count). The molecule has 3 aromatic carbocycles. The molecular formula is C28H23ClN2O4S. The Morgan fingerprint density at radius 3 is 2.39 bits per heavy atom. The zero-order chi connectivity index (χ0) is 25.6. The van der Waals surface area contributed by atoms with E-state index in [1.807, 2.05) is 36.4 Å². The lowest BCUT2D eigenvalue weighted by molar-refractivity contribution is -0.132. The number of aliphatic hydroxyl groups is 1. The summed E-state index contributed by atoms with van der Waals surface area (Å²) in [5, 5.41) is 12.1. The number of amides is 1. The molecule has 1 unspecified atom stereocenters. The molecule has 6 nitrogen and oxygen atoms in total. The van der Waals surface area contributed by atoms with E-state index in [4.69, 9.17) is 16.3 Å². The molecule has 0 aliphatic carbocycles. The van der Waals surface area contributed by atoms with E-state index in [-0.39, 0.29) is 11.3 Å². The van der Waals surface area contributed by atoms with Gasteiger partial charge >= 0.3 is 5.91 Å². The van der Waals surface area contributed by atoms with Gasteiger partial charge in [-0.3, -0.25) is 14.5 Å². The molecule has 1 amide bonds. The summed E-state index contributed by atoms with van der Waals surface area (Å²) in [6.45, 7) is 4.19. The molecule has 8 heteroatoms. The van der Waals surface area contributed by atoms with Crippen molar-refractivity contribution in [1.82, 2.24) is 4.98 Å². The molecule has 182 valence electrons. The van der Waals surface area contributed by atoms with Gasteiger partial charge in [-0.2, -0.15) is 0 Å². The molecule has 36 heavy (non-hydrogen) atoms. The molecule has 0 spiro atoms. The Hall–Kier alpha value is -3.68. The number of aliphatic hydroxyl groups excluding tert-OH is 1. The van der Waals surface area contributed by atoms with E-state index in [0.29, 0.717) is 38.5 Å². The average Bonchev–Trinajstić information content (AvgIpc) is 3.41. The summed E-state index contributed by atoms with van der Waals surface area (Å²) < 4.78 is 6.13. The second-order valence-corrected chi connectivity index (χ2v) is 10.3. The standard InChI is InChI=1S/C28H23ClN2O4S/c1-15(2)16-4-6-17(7-5-16)24-23(25(32)18-8-10-19(29)11-9-18)26(33)27(34)31(24)28-30-21-13-12-20(35-3)14-22(21)36-28/h4-15,24,32H,1-3H3/b25-23+. The Morgan fingerprint density at radius 2 is 1.75 bits per heavy atom. The number of halogens is 1. The molecule has 1 saturated heterocycles. The number of benzene rings is 3. The Bertz CT molecular complexity index is 1510. The van der Waals surface area contributed by atoms with Crippen molar-refractivity contribution in [3.05, 3.63) is 94.0 Å². The number of nitrogens with zero attached hydrogens (tertiary/aromatic N) is 2. The summed E-state index contributed by atoms with van der Waals surface area (Å²) in [5.74, 6) is -0.776. The lowest BCUT2D eigenvalue weighted by Crippen LogP contribution is -2.29. The van der Waals surface area contributed by atoms with E-state index in [1.165, 1.54) is 16.2 Å². The highest BCUT2D eigenvalue weighted by Crippen LogP contribution is 2.44. The highest BCUT2D eigenvalue weighted by molar-refractivity contribution is 7.22. The van der Waals surface area contributed by atoms with Crippen LogP contribution in [0, 0.1) is 0 Å². The summed E-state index contributed by atoms with van der Waals surface area (Å²) in [7, 11) is 1.58. The first kappa shape index (κ1) is 24.0. The monoisotopic (exact) mass is 518 g/mol. The fourth-order valence-electron chi connectivity index (χ4n) is 4.29. The number of anilines is 1. The van der Waals surface area contributed by atoms with Crippen molar-refractivity contribution >= 4 is 55.7 Å². The van der Waals surface area contributed by atoms with Gasteiger partial charge in [-0.15, -0.1) is 0 Å². The largest absolute Gasteiger partial charge is 0.507 e. The molecule has 1 atom stereocenters. The fourth-order valence-corrected chi connectivity index (χ4v) is 5.44. The first-order valence-electron chi connectivity index (χ1n) is 11.4. The van der Waals surface area contributed by atoms with Crippen LogP contribution in [0.1, 0.15) is 42.5 Å². The van der Waals surface area contributed by atoms with Crippen LogP contribution in [0.4, 0.5) is 5.13 Å². The van der Waals surface area contributed by atoms with Crippen molar-refractivity contribution < 1.29 is 19.4 Å². The topological polar surface area (TPSA) is 79.7 Å². The van der Waals surface area contributed by atoms with Crippen LogP contribution >= 0.6 is 22.9 Å². The number of aromatic nitrogens is 1. The zero-order valence-electron chi connectivity index (χ0n) is 19.9. The Kier molecular flexibility index (Phi) is 6.28. The maximum absolute atomic E-state index is 13.4. The number of methoxy groups -OCH3 is 1. The second-order valence-electron chi connectivity index (χ2n) is 8.83. The van der Waals surface area contributed by atoms with Gasteiger partial charge in [0.15, 0.2) is 5.13 Å².